The maximum Gasteiger partial charge on any atom is 0.0790 e. The molecule has 1 rings (SSSR count). The molecule has 0 heterocycles. The van der Waals surface area contributed by atoms with Gasteiger partial charge in [-0.1, -0.05) is 166 Å². The van der Waals surface area contributed by atoms with E-state index < -0.39 is 0 Å². The van der Waals surface area contributed by atoms with E-state index in [9.17, 15) is 5.11 Å². The number of hydrogen-bond acceptors (Lipinski definition) is 1. The first-order valence-electron chi connectivity index (χ1n) is 13.6. The Hall–Kier alpha value is -0.820. The summed E-state index contributed by atoms with van der Waals surface area (Å²) >= 11 is 0. The van der Waals surface area contributed by atoms with Gasteiger partial charge in [0.15, 0.2) is 0 Å². The van der Waals surface area contributed by atoms with Crippen LogP contribution in [0.1, 0.15) is 153 Å². The Kier molecular flexibility index (Phi) is 19.4. The van der Waals surface area contributed by atoms with Gasteiger partial charge in [0.25, 0.3) is 0 Å². The second-order valence-corrected chi connectivity index (χ2v) is 9.43. The van der Waals surface area contributed by atoms with Gasteiger partial charge in [0.2, 0.25) is 0 Å². The maximum atomic E-state index is 10.2. The predicted molar refractivity (Wildman–Crippen MR) is 134 cm³/mol. The van der Waals surface area contributed by atoms with E-state index in [2.05, 4.69) is 6.92 Å². The van der Waals surface area contributed by atoms with Gasteiger partial charge in [0.1, 0.15) is 0 Å². The van der Waals surface area contributed by atoms with Crippen molar-refractivity contribution in [3.63, 3.8) is 0 Å². The van der Waals surface area contributed by atoms with E-state index in [1.54, 1.807) is 0 Å². The molecule has 0 amide bonds. The molecular formula is C29H52O. The molecule has 1 unspecified atom stereocenters. The van der Waals surface area contributed by atoms with Crippen molar-refractivity contribution >= 4 is 0 Å². The zero-order valence-corrected chi connectivity index (χ0v) is 20.3. The van der Waals surface area contributed by atoms with Crippen LogP contribution in [0.2, 0.25) is 0 Å². The zero-order chi connectivity index (χ0) is 21.5. The van der Waals surface area contributed by atoms with Crippen LogP contribution in [0.5, 0.6) is 0 Å². The molecule has 174 valence electrons. The molecule has 0 aliphatic carbocycles. The van der Waals surface area contributed by atoms with Gasteiger partial charge in [-0.2, -0.15) is 0 Å². The molecule has 1 aromatic carbocycles. The number of aliphatic hydroxyl groups excluding tert-OH is 1. The smallest absolute Gasteiger partial charge is 0.0790 e. The average Bonchev–Trinajstić information content (AvgIpc) is 2.78. The van der Waals surface area contributed by atoms with Gasteiger partial charge in [-0.05, 0) is 12.0 Å². The fourth-order valence-corrected chi connectivity index (χ4v) is 4.43. The first-order chi connectivity index (χ1) is 14.8. The largest absolute Gasteiger partial charge is 0.388 e. The Morgan fingerprint density at radius 3 is 1.20 bits per heavy atom. The van der Waals surface area contributed by atoms with Gasteiger partial charge in [0, 0.05) is 0 Å². The lowest BCUT2D eigenvalue weighted by Gasteiger charge is -2.10. The Balaban J connectivity index is 1.71. The molecule has 0 aromatic heterocycles. The summed E-state index contributed by atoms with van der Waals surface area (Å²) in [7, 11) is 0. The number of aliphatic hydroxyl groups is 1. The second kappa shape index (κ2) is 21.4. The molecule has 1 N–H and O–H groups in total. The van der Waals surface area contributed by atoms with E-state index in [0.29, 0.717) is 0 Å². The highest BCUT2D eigenvalue weighted by atomic mass is 16.3. The monoisotopic (exact) mass is 416 g/mol. The lowest BCUT2D eigenvalue weighted by molar-refractivity contribution is 0.163. The molecule has 0 fully saturated rings. The minimum Gasteiger partial charge on any atom is -0.388 e. The summed E-state index contributed by atoms with van der Waals surface area (Å²) in [6, 6.07) is 10.1. The summed E-state index contributed by atoms with van der Waals surface area (Å²) in [6.45, 7) is 2.30. The molecule has 0 spiro atoms. The standard InChI is InChI=1S/C29H52O/c1-2-3-4-5-6-7-8-9-10-11-12-13-14-15-16-17-18-19-20-24-27-29(30)28-25-22-21-23-26-28/h21-23,25-26,29-30H,2-20,24,27H2,1H3. The van der Waals surface area contributed by atoms with Crippen molar-refractivity contribution in [2.24, 2.45) is 0 Å². The van der Waals surface area contributed by atoms with E-state index in [4.69, 9.17) is 0 Å². The van der Waals surface area contributed by atoms with Crippen molar-refractivity contribution in [2.75, 3.05) is 0 Å². The third-order valence-electron chi connectivity index (χ3n) is 6.52. The molecule has 1 heteroatoms. The SMILES string of the molecule is CCCCCCCCCCCCCCCCCCCCCCC(O)c1ccccc1. The van der Waals surface area contributed by atoms with Crippen molar-refractivity contribution < 1.29 is 5.11 Å². The summed E-state index contributed by atoms with van der Waals surface area (Å²) in [6.07, 6.45) is 28.9. The lowest BCUT2D eigenvalue weighted by Crippen LogP contribution is -1.96. The zero-order valence-electron chi connectivity index (χ0n) is 20.3. The van der Waals surface area contributed by atoms with Gasteiger partial charge in [-0.15, -0.1) is 0 Å². The second-order valence-electron chi connectivity index (χ2n) is 9.43. The Morgan fingerprint density at radius 1 is 0.500 bits per heavy atom. The average molecular weight is 417 g/mol. The Labute approximate surface area is 189 Å². The summed E-state index contributed by atoms with van der Waals surface area (Å²) in [5.74, 6) is 0. The van der Waals surface area contributed by atoms with Gasteiger partial charge in [0.05, 0.1) is 6.10 Å². The highest BCUT2D eigenvalue weighted by molar-refractivity contribution is 5.16. The van der Waals surface area contributed by atoms with Crippen LogP contribution >= 0.6 is 0 Å². The van der Waals surface area contributed by atoms with Gasteiger partial charge in [-0.25, -0.2) is 0 Å². The third-order valence-corrected chi connectivity index (χ3v) is 6.52. The molecule has 0 aliphatic rings. The topological polar surface area (TPSA) is 20.2 Å². The van der Waals surface area contributed by atoms with Crippen LogP contribution in [-0.2, 0) is 0 Å². The summed E-state index contributed by atoms with van der Waals surface area (Å²) in [5.41, 5.74) is 1.07. The Bertz CT molecular complexity index is 441. The van der Waals surface area contributed by atoms with E-state index in [-0.39, 0.29) is 6.10 Å². The molecule has 0 saturated heterocycles. The van der Waals surface area contributed by atoms with Crippen molar-refractivity contribution in [1.82, 2.24) is 0 Å². The van der Waals surface area contributed by atoms with E-state index in [1.165, 1.54) is 122 Å². The molecule has 1 atom stereocenters. The van der Waals surface area contributed by atoms with Crippen molar-refractivity contribution in [1.29, 1.82) is 0 Å². The highest BCUT2D eigenvalue weighted by Gasteiger charge is 2.05. The first kappa shape index (κ1) is 27.2. The lowest BCUT2D eigenvalue weighted by atomic mass is 10.0. The van der Waals surface area contributed by atoms with Crippen molar-refractivity contribution in [3.05, 3.63) is 35.9 Å². The molecule has 0 saturated carbocycles. The summed E-state index contributed by atoms with van der Waals surface area (Å²) in [5, 5.41) is 10.2. The van der Waals surface area contributed by atoms with Crippen LogP contribution in [-0.4, -0.2) is 5.11 Å². The van der Waals surface area contributed by atoms with Crippen molar-refractivity contribution in [2.45, 2.75) is 148 Å². The van der Waals surface area contributed by atoms with E-state index in [0.717, 1.165) is 18.4 Å². The van der Waals surface area contributed by atoms with Crippen LogP contribution < -0.4 is 0 Å². The molecule has 1 aromatic rings. The third kappa shape index (κ3) is 16.9. The highest BCUT2D eigenvalue weighted by Crippen LogP contribution is 2.20. The van der Waals surface area contributed by atoms with Crippen molar-refractivity contribution in [3.8, 4) is 0 Å². The number of unbranched alkanes of at least 4 members (excludes halogenated alkanes) is 19. The van der Waals surface area contributed by atoms with Gasteiger partial charge >= 0.3 is 0 Å². The summed E-state index contributed by atoms with van der Waals surface area (Å²) in [4.78, 5) is 0. The number of rotatable bonds is 22. The summed E-state index contributed by atoms with van der Waals surface area (Å²) < 4.78 is 0. The Morgan fingerprint density at radius 2 is 0.833 bits per heavy atom. The fourth-order valence-electron chi connectivity index (χ4n) is 4.43. The van der Waals surface area contributed by atoms with E-state index in [1.807, 2.05) is 30.3 Å². The van der Waals surface area contributed by atoms with Crippen LogP contribution in [0.25, 0.3) is 0 Å². The number of benzene rings is 1. The predicted octanol–water partition coefficient (Wildman–Crippen LogP) is 9.93. The van der Waals surface area contributed by atoms with Crippen LogP contribution in [0.4, 0.5) is 0 Å². The van der Waals surface area contributed by atoms with E-state index >= 15 is 0 Å². The number of hydrogen-bond donors (Lipinski definition) is 1. The van der Waals surface area contributed by atoms with Crippen LogP contribution in [0.15, 0.2) is 30.3 Å². The normalized spacial score (nSPS) is 12.3. The van der Waals surface area contributed by atoms with Gasteiger partial charge < -0.3 is 5.11 Å². The maximum absolute atomic E-state index is 10.2. The van der Waals surface area contributed by atoms with Crippen LogP contribution in [0.3, 0.4) is 0 Å². The minimum absolute atomic E-state index is 0.276. The fraction of sp³-hybridized carbons (Fsp3) is 0.793. The molecule has 1 nitrogen and oxygen atoms in total. The van der Waals surface area contributed by atoms with Crippen LogP contribution in [0, 0.1) is 0 Å². The molecule has 0 radical (unpaired) electrons. The molecule has 30 heavy (non-hydrogen) atoms. The molecule has 0 bridgehead atoms. The van der Waals surface area contributed by atoms with Gasteiger partial charge in [-0.3, -0.25) is 0 Å². The molecular weight excluding hydrogens is 364 g/mol. The first-order valence-corrected chi connectivity index (χ1v) is 13.6. The quantitative estimate of drug-likeness (QED) is 0.186. The minimum atomic E-state index is -0.276. The molecule has 0 aliphatic heterocycles.